The predicted octanol–water partition coefficient (Wildman–Crippen LogP) is 1.94. The quantitative estimate of drug-likeness (QED) is 0.892. The molecule has 21 heavy (non-hydrogen) atoms. The van der Waals surface area contributed by atoms with Crippen molar-refractivity contribution in [3.63, 3.8) is 0 Å². The molecule has 1 aromatic heterocycles. The summed E-state index contributed by atoms with van der Waals surface area (Å²) in [7, 11) is 0. The molecule has 7 heteroatoms. The van der Waals surface area contributed by atoms with E-state index in [-0.39, 0.29) is 18.1 Å². The number of fused-ring (bicyclic) bond motifs is 1. The van der Waals surface area contributed by atoms with Gasteiger partial charge in [0.15, 0.2) is 5.13 Å². The molecule has 3 rings (SSSR count). The van der Waals surface area contributed by atoms with Crippen molar-refractivity contribution < 1.29 is 9.53 Å². The normalized spacial score (nSPS) is 25.5. The molecule has 0 bridgehead atoms. The van der Waals surface area contributed by atoms with Crippen LogP contribution in [-0.2, 0) is 4.74 Å². The molecule has 0 aromatic carbocycles. The molecule has 1 amide bonds. The Labute approximate surface area is 128 Å². The van der Waals surface area contributed by atoms with Gasteiger partial charge in [-0.25, -0.2) is 4.98 Å². The van der Waals surface area contributed by atoms with Crippen LogP contribution in [0.25, 0.3) is 0 Å². The standard InChI is InChI=1S/C14H22N4O2S/c1-2-16-14-17-12(15)11(21-14)13(19)18-7-8-20-10-6-4-3-5-9(10)18/h9-10H,2-8,15H2,1H3,(H,16,17). The van der Waals surface area contributed by atoms with Crippen LogP contribution < -0.4 is 11.1 Å². The number of carbonyl (C=O) groups is 1. The van der Waals surface area contributed by atoms with Gasteiger partial charge in [-0.15, -0.1) is 0 Å². The molecule has 2 unspecified atom stereocenters. The minimum atomic E-state index is 0.00866. The first-order chi connectivity index (χ1) is 10.2. The van der Waals surface area contributed by atoms with E-state index in [2.05, 4.69) is 10.3 Å². The fraction of sp³-hybridized carbons (Fsp3) is 0.714. The fourth-order valence-electron chi connectivity index (χ4n) is 3.19. The summed E-state index contributed by atoms with van der Waals surface area (Å²) < 4.78 is 5.82. The van der Waals surface area contributed by atoms with Crippen LogP contribution in [0, 0.1) is 0 Å². The largest absolute Gasteiger partial charge is 0.382 e. The van der Waals surface area contributed by atoms with Crippen molar-refractivity contribution in [1.29, 1.82) is 0 Å². The molecule has 0 radical (unpaired) electrons. The molecule has 1 saturated heterocycles. The number of ether oxygens (including phenoxy) is 1. The first kappa shape index (κ1) is 14.6. The lowest BCUT2D eigenvalue weighted by Gasteiger charge is -2.43. The number of anilines is 2. The van der Waals surface area contributed by atoms with E-state index in [9.17, 15) is 4.79 Å². The third-order valence-electron chi connectivity index (χ3n) is 4.17. The highest BCUT2D eigenvalue weighted by Crippen LogP contribution is 2.32. The van der Waals surface area contributed by atoms with Crippen LogP contribution in [0.1, 0.15) is 42.3 Å². The van der Waals surface area contributed by atoms with Gasteiger partial charge >= 0.3 is 0 Å². The number of amides is 1. The zero-order valence-electron chi connectivity index (χ0n) is 12.3. The first-order valence-corrected chi connectivity index (χ1v) is 8.45. The number of nitrogens with two attached hydrogens (primary N) is 1. The summed E-state index contributed by atoms with van der Waals surface area (Å²) in [6.07, 6.45) is 4.62. The van der Waals surface area contributed by atoms with Crippen LogP contribution >= 0.6 is 11.3 Å². The van der Waals surface area contributed by atoms with Gasteiger partial charge in [0.2, 0.25) is 0 Å². The first-order valence-electron chi connectivity index (χ1n) is 7.63. The molecule has 1 saturated carbocycles. The Kier molecular flexibility index (Phi) is 4.30. The number of morpholine rings is 1. The average molecular weight is 310 g/mol. The van der Waals surface area contributed by atoms with Crippen molar-refractivity contribution in [2.45, 2.75) is 44.8 Å². The zero-order chi connectivity index (χ0) is 14.8. The van der Waals surface area contributed by atoms with Gasteiger partial charge in [0.1, 0.15) is 10.7 Å². The van der Waals surface area contributed by atoms with Crippen LogP contribution in [0.5, 0.6) is 0 Å². The van der Waals surface area contributed by atoms with Crippen molar-refractivity contribution in [3.05, 3.63) is 4.88 Å². The Morgan fingerprint density at radius 2 is 2.33 bits per heavy atom. The molecule has 6 nitrogen and oxygen atoms in total. The lowest BCUT2D eigenvalue weighted by Crippen LogP contribution is -2.54. The van der Waals surface area contributed by atoms with Crippen molar-refractivity contribution in [2.75, 3.05) is 30.7 Å². The Morgan fingerprint density at radius 1 is 1.52 bits per heavy atom. The lowest BCUT2D eigenvalue weighted by molar-refractivity contribution is -0.0751. The summed E-state index contributed by atoms with van der Waals surface area (Å²) >= 11 is 1.35. The molecule has 0 spiro atoms. The number of carbonyl (C=O) groups excluding carboxylic acids is 1. The molecular formula is C14H22N4O2S. The Bertz CT molecular complexity index is 517. The van der Waals surface area contributed by atoms with Gasteiger partial charge < -0.3 is 20.7 Å². The topological polar surface area (TPSA) is 80.5 Å². The minimum Gasteiger partial charge on any atom is -0.382 e. The highest BCUT2D eigenvalue weighted by atomic mass is 32.1. The van der Waals surface area contributed by atoms with Crippen LogP contribution in [-0.4, -0.2) is 47.6 Å². The highest BCUT2D eigenvalue weighted by Gasteiger charge is 2.38. The van der Waals surface area contributed by atoms with Crippen molar-refractivity contribution in [1.82, 2.24) is 9.88 Å². The number of nitrogen functional groups attached to an aromatic ring is 1. The third-order valence-corrected chi connectivity index (χ3v) is 5.19. The fourth-order valence-corrected chi connectivity index (χ4v) is 4.10. The lowest BCUT2D eigenvalue weighted by atomic mass is 9.90. The number of hydrogen-bond acceptors (Lipinski definition) is 6. The van der Waals surface area contributed by atoms with Crippen LogP contribution in [0.2, 0.25) is 0 Å². The number of thiazole rings is 1. The van der Waals surface area contributed by atoms with E-state index in [4.69, 9.17) is 10.5 Å². The highest BCUT2D eigenvalue weighted by molar-refractivity contribution is 7.18. The smallest absolute Gasteiger partial charge is 0.268 e. The molecule has 116 valence electrons. The van der Waals surface area contributed by atoms with Crippen LogP contribution in [0.3, 0.4) is 0 Å². The molecule has 2 atom stereocenters. The van der Waals surface area contributed by atoms with Crippen molar-refractivity contribution in [2.24, 2.45) is 0 Å². The Balaban J connectivity index is 1.80. The predicted molar refractivity (Wildman–Crippen MR) is 83.7 cm³/mol. The second-order valence-electron chi connectivity index (χ2n) is 5.52. The molecule has 1 aromatic rings. The van der Waals surface area contributed by atoms with Gasteiger partial charge in [0.05, 0.1) is 18.8 Å². The summed E-state index contributed by atoms with van der Waals surface area (Å²) in [5.41, 5.74) is 5.93. The van der Waals surface area contributed by atoms with Crippen LogP contribution in [0.15, 0.2) is 0 Å². The van der Waals surface area contributed by atoms with Gasteiger partial charge in [-0.05, 0) is 19.8 Å². The Hall–Kier alpha value is -1.34. The summed E-state index contributed by atoms with van der Waals surface area (Å²) in [5, 5.41) is 3.83. The number of hydrogen-bond donors (Lipinski definition) is 2. The number of nitrogens with one attached hydrogen (secondary N) is 1. The van der Waals surface area contributed by atoms with Gasteiger partial charge in [-0.3, -0.25) is 4.79 Å². The minimum absolute atomic E-state index is 0.00866. The van der Waals surface area contributed by atoms with Crippen LogP contribution in [0.4, 0.5) is 10.9 Å². The second kappa shape index (κ2) is 6.19. The molecule has 1 aliphatic heterocycles. The van der Waals surface area contributed by atoms with Gasteiger partial charge in [0.25, 0.3) is 5.91 Å². The van der Waals surface area contributed by atoms with E-state index in [1.165, 1.54) is 17.8 Å². The molecule has 2 fully saturated rings. The van der Waals surface area contributed by atoms with Crippen molar-refractivity contribution >= 4 is 28.2 Å². The summed E-state index contributed by atoms with van der Waals surface area (Å²) in [6.45, 7) is 4.02. The molecule has 1 aliphatic carbocycles. The molecule has 2 heterocycles. The SMILES string of the molecule is CCNc1nc(N)c(C(=O)N2CCOC3CCCCC32)s1. The van der Waals surface area contributed by atoms with E-state index in [0.29, 0.717) is 29.0 Å². The second-order valence-corrected chi connectivity index (χ2v) is 6.52. The number of nitrogens with zero attached hydrogens (tertiary/aromatic N) is 2. The van der Waals surface area contributed by atoms with Gasteiger partial charge in [-0.2, -0.15) is 0 Å². The van der Waals surface area contributed by atoms with Gasteiger partial charge in [0, 0.05) is 13.1 Å². The van der Waals surface area contributed by atoms with Crippen molar-refractivity contribution in [3.8, 4) is 0 Å². The monoisotopic (exact) mass is 310 g/mol. The summed E-state index contributed by atoms with van der Waals surface area (Å²) in [6, 6.07) is 0.198. The maximum Gasteiger partial charge on any atom is 0.268 e. The summed E-state index contributed by atoms with van der Waals surface area (Å²) in [5.74, 6) is 0.342. The maximum atomic E-state index is 12.8. The third kappa shape index (κ3) is 2.85. The van der Waals surface area contributed by atoms with E-state index < -0.39 is 0 Å². The van der Waals surface area contributed by atoms with E-state index in [1.54, 1.807) is 0 Å². The Morgan fingerprint density at radius 3 is 3.14 bits per heavy atom. The summed E-state index contributed by atoms with van der Waals surface area (Å²) in [4.78, 5) is 19.6. The number of aromatic nitrogens is 1. The maximum absolute atomic E-state index is 12.8. The van der Waals surface area contributed by atoms with E-state index in [0.717, 1.165) is 25.8 Å². The zero-order valence-corrected chi connectivity index (χ0v) is 13.1. The van der Waals surface area contributed by atoms with E-state index in [1.807, 2.05) is 11.8 Å². The molecule has 2 aliphatic rings. The number of rotatable bonds is 3. The van der Waals surface area contributed by atoms with Gasteiger partial charge in [-0.1, -0.05) is 24.2 Å². The molecular weight excluding hydrogens is 288 g/mol. The average Bonchev–Trinajstić information content (AvgIpc) is 2.87. The molecule has 3 N–H and O–H groups in total. The van der Waals surface area contributed by atoms with E-state index >= 15 is 0 Å².